The molecule has 6 heteroatoms. The van der Waals surface area contributed by atoms with Gasteiger partial charge in [-0.1, -0.05) is 17.4 Å². The van der Waals surface area contributed by atoms with Crippen molar-refractivity contribution < 1.29 is 14.3 Å². The van der Waals surface area contributed by atoms with Crippen LogP contribution < -0.4 is 14.3 Å². The van der Waals surface area contributed by atoms with Gasteiger partial charge in [0.25, 0.3) is 5.91 Å². The molecule has 0 aliphatic rings. The molecule has 3 aromatic rings. The van der Waals surface area contributed by atoms with Crippen LogP contribution in [0.15, 0.2) is 35.3 Å². The van der Waals surface area contributed by atoms with E-state index in [1.807, 2.05) is 0 Å². The number of aromatic nitrogens is 1. The number of methoxy groups -OCH3 is 2. The van der Waals surface area contributed by atoms with E-state index in [4.69, 9.17) is 9.47 Å². The lowest BCUT2D eigenvalue weighted by Gasteiger charge is -2.07. The van der Waals surface area contributed by atoms with Crippen molar-refractivity contribution in [1.29, 1.82) is 0 Å². The van der Waals surface area contributed by atoms with Gasteiger partial charge in [0, 0.05) is 12.1 Å². The van der Waals surface area contributed by atoms with Gasteiger partial charge in [-0.3, -0.25) is 4.79 Å². The number of carbonyl (C=O) groups is 1. The van der Waals surface area contributed by atoms with Gasteiger partial charge < -0.3 is 14.0 Å². The SMILES string of the molecule is CCn1c(=NC(=O)c2ccc(OC)c(OC)c2)sc2c(C)cc(C)cc21. The van der Waals surface area contributed by atoms with Gasteiger partial charge in [-0.15, -0.1) is 0 Å². The molecule has 3 rings (SSSR count). The van der Waals surface area contributed by atoms with E-state index in [9.17, 15) is 4.79 Å². The number of ether oxygens (including phenoxy) is 2. The zero-order chi connectivity index (χ0) is 18.8. The molecule has 1 aromatic heterocycles. The monoisotopic (exact) mass is 370 g/mol. The number of hydrogen-bond acceptors (Lipinski definition) is 4. The van der Waals surface area contributed by atoms with Gasteiger partial charge in [-0.2, -0.15) is 4.99 Å². The summed E-state index contributed by atoms with van der Waals surface area (Å²) in [6.45, 7) is 6.98. The van der Waals surface area contributed by atoms with Crippen LogP contribution >= 0.6 is 11.3 Å². The molecule has 1 heterocycles. The first-order valence-corrected chi connectivity index (χ1v) is 9.21. The minimum atomic E-state index is -0.297. The van der Waals surface area contributed by atoms with Crippen LogP contribution in [0.3, 0.4) is 0 Å². The van der Waals surface area contributed by atoms with Gasteiger partial charge in [0.15, 0.2) is 16.3 Å². The first-order valence-electron chi connectivity index (χ1n) is 8.40. The van der Waals surface area contributed by atoms with Gasteiger partial charge >= 0.3 is 0 Å². The molecule has 1 amide bonds. The first-order chi connectivity index (χ1) is 12.5. The Balaban J connectivity index is 2.13. The second-order valence-corrected chi connectivity index (χ2v) is 7.02. The number of carbonyl (C=O) groups excluding carboxylic acids is 1. The summed E-state index contributed by atoms with van der Waals surface area (Å²) in [7, 11) is 3.11. The number of benzene rings is 2. The van der Waals surface area contributed by atoms with Crippen LogP contribution in [0.5, 0.6) is 11.5 Å². The molecular weight excluding hydrogens is 348 g/mol. The molecule has 0 N–H and O–H groups in total. The normalized spacial score (nSPS) is 11.8. The third kappa shape index (κ3) is 3.24. The number of aryl methyl sites for hydroxylation is 3. The summed E-state index contributed by atoms with van der Waals surface area (Å²) in [6, 6.07) is 9.37. The molecule has 0 radical (unpaired) electrons. The van der Waals surface area contributed by atoms with Crippen LogP contribution in [0.1, 0.15) is 28.4 Å². The van der Waals surface area contributed by atoms with Crippen molar-refractivity contribution >= 4 is 27.5 Å². The van der Waals surface area contributed by atoms with Gasteiger partial charge in [-0.25, -0.2) is 0 Å². The lowest BCUT2D eigenvalue weighted by Crippen LogP contribution is -2.16. The number of nitrogens with zero attached hydrogens (tertiary/aromatic N) is 2. The lowest BCUT2D eigenvalue weighted by molar-refractivity contribution is 0.0997. The predicted octanol–water partition coefficient (Wildman–Crippen LogP) is 4.10. The lowest BCUT2D eigenvalue weighted by atomic mass is 10.1. The van der Waals surface area contributed by atoms with Gasteiger partial charge in [0.1, 0.15) is 0 Å². The zero-order valence-corrected chi connectivity index (χ0v) is 16.4. The Hall–Kier alpha value is -2.60. The van der Waals surface area contributed by atoms with E-state index in [2.05, 4.69) is 42.5 Å². The summed E-state index contributed by atoms with van der Waals surface area (Å²) < 4.78 is 13.7. The number of fused-ring (bicyclic) bond motifs is 1. The van der Waals surface area contributed by atoms with E-state index < -0.39 is 0 Å². The maximum absolute atomic E-state index is 12.7. The van der Waals surface area contributed by atoms with E-state index in [-0.39, 0.29) is 5.91 Å². The maximum atomic E-state index is 12.7. The zero-order valence-electron chi connectivity index (χ0n) is 15.6. The fourth-order valence-corrected chi connectivity index (χ4v) is 4.17. The Morgan fingerprint density at radius 2 is 1.85 bits per heavy atom. The Morgan fingerprint density at radius 1 is 1.12 bits per heavy atom. The van der Waals surface area contributed by atoms with Crippen molar-refractivity contribution in [3.63, 3.8) is 0 Å². The molecule has 5 nitrogen and oxygen atoms in total. The summed E-state index contributed by atoms with van der Waals surface area (Å²) in [6.07, 6.45) is 0. The number of amides is 1. The van der Waals surface area contributed by atoms with E-state index in [0.29, 0.717) is 21.9 Å². The molecule has 0 fully saturated rings. The van der Waals surface area contributed by atoms with Crippen molar-refractivity contribution in [3.05, 3.63) is 51.8 Å². The predicted molar refractivity (Wildman–Crippen MR) is 104 cm³/mol. The molecule has 0 aliphatic carbocycles. The third-order valence-corrected chi connectivity index (χ3v) is 5.49. The molecule has 2 aromatic carbocycles. The second kappa shape index (κ2) is 7.33. The molecule has 0 spiro atoms. The fourth-order valence-electron chi connectivity index (χ4n) is 3.02. The van der Waals surface area contributed by atoms with Crippen LogP contribution in [0, 0.1) is 13.8 Å². The van der Waals surface area contributed by atoms with Crippen molar-refractivity contribution in [2.45, 2.75) is 27.3 Å². The number of thiazole rings is 1. The average Bonchev–Trinajstić information content (AvgIpc) is 2.98. The van der Waals surface area contributed by atoms with Crippen molar-refractivity contribution in [1.82, 2.24) is 4.57 Å². The molecule has 0 saturated carbocycles. The molecule has 26 heavy (non-hydrogen) atoms. The number of rotatable bonds is 4. The Bertz CT molecular complexity index is 1050. The molecule has 0 aliphatic heterocycles. The van der Waals surface area contributed by atoms with E-state index in [1.54, 1.807) is 43.8 Å². The molecule has 136 valence electrons. The summed E-state index contributed by atoms with van der Waals surface area (Å²) >= 11 is 1.54. The summed E-state index contributed by atoms with van der Waals surface area (Å²) in [4.78, 5) is 17.8. The Labute approximate surface area is 156 Å². The van der Waals surface area contributed by atoms with Gasteiger partial charge in [-0.05, 0) is 56.2 Å². The molecule has 0 bridgehead atoms. The minimum Gasteiger partial charge on any atom is -0.493 e. The smallest absolute Gasteiger partial charge is 0.279 e. The van der Waals surface area contributed by atoms with Gasteiger partial charge in [0.05, 0.1) is 24.4 Å². The standard InChI is InChI=1S/C20H22N2O3S/c1-6-22-15-10-12(2)9-13(3)18(15)26-20(22)21-19(23)14-7-8-16(24-4)17(11-14)25-5/h7-11H,6H2,1-5H3. The Kier molecular flexibility index (Phi) is 5.13. The topological polar surface area (TPSA) is 52.8 Å². The highest BCUT2D eigenvalue weighted by Crippen LogP contribution is 2.28. The van der Waals surface area contributed by atoms with E-state index >= 15 is 0 Å². The van der Waals surface area contributed by atoms with Gasteiger partial charge in [0.2, 0.25) is 0 Å². The van der Waals surface area contributed by atoms with Crippen LogP contribution in [-0.4, -0.2) is 24.7 Å². The summed E-state index contributed by atoms with van der Waals surface area (Å²) in [5.41, 5.74) is 3.99. The van der Waals surface area contributed by atoms with Crippen molar-refractivity contribution in [3.8, 4) is 11.5 Å². The fraction of sp³-hybridized carbons (Fsp3) is 0.300. The average molecular weight is 370 g/mol. The Morgan fingerprint density at radius 3 is 2.50 bits per heavy atom. The summed E-state index contributed by atoms with van der Waals surface area (Å²) in [5.74, 6) is 0.800. The minimum absolute atomic E-state index is 0.297. The molecule has 0 saturated heterocycles. The molecule has 0 atom stereocenters. The third-order valence-electron chi connectivity index (χ3n) is 4.26. The second-order valence-electron chi connectivity index (χ2n) is 6.05. The maximum Gasteiger partial charge on any atom is 0.279 e. The quantitative estimate of drug-likeness (QED) is 0.695. The van der Waals surface area contributed by atoms with Crippen molar-refractivity contribution in [2.24, 2.45) is 4.99 Å². The van der Waals surface area contributed by atoms with Crippen LogP contribution in [0.2, 0.25) is 0 Å². The molecular formula is C20H22N2O3S. The van der Waals surface area contributed by atoms with Crippen molar-refractivity contribution in [2.75, 3.05) is 14.2 Å². The highest BCUT2D eigenvalue weighted by atomic mass is 32.1. The largest absolute Gasteiger partial charge is 0.493 e. The van der Waals surface area contributed by atoms with E-state index in [1.165, 1.54) is 11.1 Å². The van der Waals surface area contributed by atoms with Crippen LogP contribution in [-0.2, 0) is 6.54 Å². The van der Waals surface area contributed by atoms with Crippen LogP contribution in [0.25, 0.3) is 10.2 Å². The molecule has 0 unspecified atom stereocenters. The van der Waals surface area contributed by atoms with E-state index in [0.717, 1.165) is 16.8 Å². The first kappa shape index (κ1) is 18.2. The highest BCUT2D eigenvalue weighted by Gasteiger charge is 2.13. The summed E-state index contributed by atoms with van der Waals surface area (Å²) in [5, 5.41) is 0. The number of hydrogen-bond donors (Lipinski definition) is 0. The van der Waals surface area contributed by atoms with Crippen LogP contribution in [0.4, 0.5) is 0 Å². The highest BCUT2D eigenvalue weighted by molar-refractivity contribution is 7.16.